The fourth-order valence-electron chi connectivity index (χ4n) is 3.17. The molecule has 2 heterocycles. The Hall–Kier alpha value is -2.58. The third kappa shape index (κ3) is 4.99. The number of H-pyrrole nitrogens is 1. The summed E-state index contributed by atoms with van der Waals surface area (Å²) in [6.07, 6.45) is 3.88. The predicted molar refractivity (Wildman–Crippen MR) is 105 cm³/mol. The number of likely N-dealkylation sites (tertiary alicyclic amines) is 1. The van der Waals surface area contributed by atoms with E-state index in [9.17, 15) is 8.78 Å². The molecule has 0 radical (unpaired) electrons. The Morgan fingerprint density at radius 2 is 2.07 bits per heavy atom. The van der Waals surface area contributed by atoms with Crippen molar-refractivity contribution in [1.82, 2.24) is 20.2 Å². The van der Waals surface area contributed by atoms with Crippen LogP contribution in [0.25, 0.3) is 10.9 Å². The second-order valence-corrected chi connectivity index (χ2v) is 6.33. The van der Waals surface area contributed by atoms with Crippen molar-refractivity contribution in [1.29, 1.82) is 0 Å². The molecule has 3 rings (SSSR count). The average molecular weight is 378 g/mol. The van der Waals surface area contributed by atoms with Gasteiger partial charge < -0.3 is 20.9 Å². The van der Waals surface area contributed by atoms with E-state index in [0.717, 1.165) is 37.7 Å². The van der Waals surface area contributed by atoms with E-state index in [2.05, 4.69) is 34.1 Å². The summed E-state index contributed by atoms with van der Waals surface area (Å²) in [7, 11) is 1.50. The quantitative estimate of drug-likeness (QED) is 0.458. The summed E-state index contributed by atoms with van der Waals surface area (Å²) in [4.78, 5) is 5.20. The number of halogens is 2. The maximum absolute atomic E-state index is 13.3. The SMILES string of the molecule is C=CN1CCCC(N(N)C(=C)NCc2cc3cc(F)c(F)cc3[nH]2)C1.CN. The van der Waals surface area contributed by atoms with E-state index in [4.69, 9.17) is 5.84 Å². The highest BCUT2D eigenvalue weighted by Gasteiger charge is 2.23. The normalized spacial score (nSPS) is 16.5. The van der Waals surface area contributed by atoms with E-state index in [1.165, 1.54) is 13.1 Å². The standard InChI is InChI=1S/C18H23F2N5.CH5N/c1-3-24-6-4-5-15(11-24)25(21)12(2)22-10-14-7-13-8-16(19)17(20)9-18(13)23-14;1-2/h3,7-9,15,22-23H,1-2,4-6,10-11,21H2;2H2,1H3. The van der Waals surface area contributed by atoms with E-state index < -0.39 is 11.6 Å². The molecule has 0 aliphatic carbocycles. The lowest BCUT2D eigenvalue weighted by molar-refractivity contribution is 0.147. The Kier molecular flexibility index (Phi) is 7.20. The molecule has 1 saturated heterocycles. The van der Waals surface area contributed by atoms with Crippen LogP contribution in [0.15, 0.2) is 43.4 Å². The zero-order valence-electron chi connectivity index (χ0n) is 15.6. The number of hydrazine groups is 1. The first-order valence-electron chi connectivity index (χ1n) is 8.85. The second-order valence-electron chi connectivity index (χ2n) is 6.33. The van der Waals surface area contributed by atoms with Crippen molar-refractivity contribution >= 4 is 10.9 Å². The number of rotatable bonds is 6. The smallest absolute Gasteiger partial charge is 0.160 e. The summed E-state index contributed by atoms with van der Waals surface area (Å²) in [6.45, 7) is 10.0. The molecule has 1 aromatic heterocycles. The molecule has 6 N–H and O–H groups in total. The average Bonchev–Trinajstić information content (AvgIpc) is 3.09. The number of nitrogens with one attached hydrogen (secondary N) is 2. The third-order valence-corrected chi connectivity index (χ3v) is 4.59. The second kappa shape index (κ2) is 9.38. The van der Waals surface area contributed by atoms with Gasteiger partial charge in [-0.2, -0.15) is 0 Å². The largest absolute Gasteiger partial charge is 0.376 e. The van der Waals surface area contributed by atoms with E-state index >= 15 is 0 Å². The van der Waals surface area contributed by atoms with Crippen LogP contribution in [-0.2, 0) is 6.54 Å². The molecule has 1 unspecified atom stereocenters. The van der Waals surface area contributed by atoms with Crippen LogP contribution < -0.4 is 16.9 Å². The van der Waals surface area contributed by atoms with Crippen LogP contribution in [0.1, 0.15) is 18.5 Å². The van der Waals surface area contributed by atoms with Crippen LogP contribution in [0.3, 0.4) is 0 Å². The first kappa shape index (κ1) is 20.7. The lowest BCUT2D eigenvalue weighted by Crippen LogP contribution is -2.51. The molecule has 1 aromatic carbocycles. The molecule has 1 atom stereocenters. The number of hydrogen-bond acceptors (Lipinski definition) is 5. The molecule has 8 heteroatoms. The molecule has 1 fully saturated rings. The minimum absolute atomic E-state index is 0.164. The Morgan fingerprint density at radius 1 is 1.37 bits per heavy atom. The van der Waals surface area contributed by atoms with E-state index in [1.54, 1.807) is 11.1 Å². The molecule has 27 heavy (non-hydrogen) atoms. The van der Waals surface area contributed by atoms with Gasteiger partial charge >= 0.3 is 0 Å². The van der Waals surface area contributed by atoms with Gasteiger partial charge in [-0.05, 0) is 38.2 Å². The summed E-state index contributed by atoms with van der Waals surface area (Å²) < 4.78 is 26.6. The van der Waals surface area contributed by atoms with Crippen LogP contribution >= 0.6 is 0 Å². The van der Waals surface area contributed by atoms with Gasteiger partial charge in [0.1, 0.15) is 5.82 Å². The van der Waals surface area contributed by atoms with Gasteiger partial charge in [-0.15, -0.1) is 0 Å². The highest BCUT2D eigenvalue weighted by Crippen LogP contribution is 2.20. The molecule has 1 aliphatic heterocycles. The number of hydrogen-bond donors (Lipinski definition) is 4. The molecule has 2 aromatic rings. The molecule has 1 aliphatic rings. The van der Waals surface area contributed by atoms with Crippen molar-refractivity contribution in [3.05, 3.63) is 60.7 Å². The topological polar surface area (TPSA) is 86.3 Å². The van der Waals surface area contributed by atoms with Crippen LogP contribution in [0.5, 0.6) is 0 Å². The van der Waals surface area contributed by atoms with Crippen molar-refractivity contribution < 1.29 is 8.78 Å². The predicted octanol–water partition coefficient (Wildman–Crippen LogP) is 2.37. The fourth-order valence-corrected chi connectivity index (χ4v) is 3.17. The summed E-state index contributed by atoms with van der Waals surface area (Å²) in [5.74, 6) is 5.07. The van der Waals surface area contributed by atoms with Gasteiger partial charge in [-0.25, -0.2) is 14.6 Å². The highest BCUT2D eigenvalue weighted by atomic mass is 19.2. The molecule has 0 amide bonds. The molecule has 6 nitrogen and oxygen atoms in total. The first-order valence-corrected chi connectivity index (χ1v) is 8.85. The van der Waals surface area contributed by atoms with Gasteiger partial charge in [0, 0.05) is 35.8 Å². The number of fused-ring (bicyclic) bond motifs is 1. The Balaban J connectivity index is 0.00000126. The minimum Gasteiger partial charge on any atom is -0.376 e. The summed E-state index contributed by atoms with van der Waals surface area (Å²) >= 11 is 0. The maximum Gasteiger partial charge on any atom is 0.160 e. The van der Waals surface area contributed by atoms with Gasteiger partial charge in [0.25, 0.3) is 0 Å². The van der Waals surface area contributed by atoms with Crippen LogP contribution in [-0.4, -0.2) is 41.1 Å². The molecule has 148 valence electrons. The van der Waals surface area contributed by atoms with Crippen LogP contribution in [0.2, 0.25) is 0 Å². The highest BCUT2D eigenvalue weighted by molar-refractivity contribution is 5.80. The zero-order valence-corrected chi connectivity index (χ0v) is 15.6. The number of aromatic amines is 1. The van der Waals surface area contributed by atoms with Crippen LogP contribution in [0, 0.1) is 11.6 Å². The van der Waals surface area contributed by atoms with Crippen molar-refractivity contribution in [2.45, 2.75) is 25.4 Å². The van der Waals surface area contributed by atoms with Gasteiger partial charge in [0.15, 0.2) is 11.6 Å². The van der Waals surface area contributed by atoms with Crippen LogP contribution in [0.4, 0.5) is 8.78 Å². The number of benzene rings is 1. The molecular formula is C19H28F2N6. The molecule has 0 spiro atoms. The van der Waals surface area contributed by atoms with E-state index in [-0.39, 0.29) is 6.04 Å². The molecule has 0 bridgehead atoms. The number of piperidine rings is 1. The van der Waals surface area contributed by atoms with Crippen molar-refractivity contribution in [2.75, 3.05) is 20.1 Å². The van der Waals surface area contributed by atoms with E-state index in [0.29, 0.717) is 23.3 Å². The number of nitrogens with zero attached hydrogens (tertiary/aromatic N) is 2. The molecular weight excluding hydrogens is 350 g/mol. The van der Waals surface area contributed by atoms with Crippen molar-refractivity contribution in [3.63, 3.8) is 0 Å². The van der Waals surface area contributed by atoms with Gasteiger partial charge in [0.05, 0.1) is 12.6 Å². The van der Waals surface area contributed by atoms with E-state index in [1.807, 2.05) is 6.20 Å². The first-order chi connectivity index (χ1) is 13.0. The van der Waals surface area contributed by atoms with Crippen molar-refractivity contribution in [2.24, 2.45) is 11.6 Å². The zero-order chi connectivity index (χ0) is 20.0. The number of nitrogens with two attached hydrogens (primary N) is 2. The van der Waals surface area contributed by atoms with Gasteiger partial charge in [0.2, 0.25) is 0 Å². The van der Waals surface area contributed by atoms with Gasteiger partial charge in [-0.3, -0.25) is 5.01 Å². The maximum atomic E-state index is 13.3. The lowest BCUT2D eigenvalue weighted by atomic mass is 10.1. The third-order valence-electron chi connectivity index (χ3n) is 4.59. The Morgan fingerprint density at radius 3 is 2.78 bits per heavy atom. The lowest BCUT2D eigenvalue weighted by Gasteiger charge is -2.38. The summed E-state index contributed by atoms with van der Waals surface area (Å²) in [5, 5.41) is 5.44. The summed E-state index contributed by atoms with van der Waals surface area (Å²) in [6, 6.07) is 4.28. The minimum atomic E-state index is -0.865. The Labute approximate surface area is 158 Å². The monoisotopic (exact) mass is 378 g/mol. The fraction of sp³-hybridized carbons (Fsp3) is 0.368. The Bertz CT molecular complexity index is 749. The van der Waals surface area contributed by atoms with Gasteiger partial charge in [-0.1, -0.05) is 13.2 Å². The molecule has 0 saturated carbocycles. The number of aromatic nitrogens is 1. The summed E-state index contributed by atoms with van der Waals surface area (Å²) in [5.41, 5.74) is 5.85. The van der Waals surface area contributed by atoms with Crippen molar-refractivity contribution in [3.8, 4) is 0 Å².